The molecule has 84 valence electrons. The maximum atomic E-state index is 3.32. The minimum atomic E-state index is 0. The molecule has 1 unspecified atom stereocenters. The Balaban J connectivity index is 0.000000963. The van der Waals surface area contributed by atoms with E-state index in [2.05, 4.69) is 53.3 Å². The van der Waals surface area contributed by atoms with Crippen LogP contribution in [0.2, 0.25) is 0 Å². The van der Waals surface area contributed by atoms with Gasteiger partial charge in [0.1, 0.15) is 0 Å². The highest BCUT2D eigenvalue weighted by Gasteiger charge is 2.17. The second-order valence-electron chi connectivity index (χ2n) is 3.98. The molecule has 2 aromatic rings. The fraction of sp³-hybridized carbons (Fsp3) is 0.231. The first kappa shape index (κ1) is 11.4. The molecule has 3 heteroatoms. The first-order valence-electron chi connectivity index (χ1n) is 5.41. The van der Waals surface area contributed by atoms with Crippen molar-refractivity contribution in [2.45, 2.75) is 12.5 Å². The molecule has 1 atom stereocenters. The number of benzene rings is 2. The van der Waals surface area contributed by atoms with Crippen molar-refractivity contribution in [3.05, 3.63) is 48.0 Å². The van der Waals surface area contributed by atoms with Gasteiger partial charge in [-0.15, -0.1) is 12.4 Å². The molecule has 0 spiro atoms. The van der Waals surface area contributed by atoms with E-state index in [1.165, 1.54) is 16.3 Å². The molecular weight excluding hydrogens is 220 g/mol. The zero-order valence-corrected chi connectivity index (χ0v) is 9.76. The van der Waals surface area contributed by atoms with Gasteiger partial charge in [0, 0.05) is 12.6 Å². The van der Waals surface area contributed by atoms with Crippen LogP contribution in [-0.4, -0.2) is 6.54 Å². The van der Waals surface area contributed by atoms with Gasteiger partial charge in [0.05, 0.1) is 0 Å². The van der Waals surface area contributed by atoms with E-state index in [1.54, 1.807) is 0 Å². The summed E-state index contributed by atoms with van der Waals surface area (Å²) in [5.74, 6) is 0. The number of halogens is 1. The summed E-state index contributed by atoms with van der Waals surface area (Å²) >= 11 is 0. The van der Waals surface area contributed by atoms with Gasteiger partial charge in [0.2, 0.25) is 0 Å². The van der Waals surface area contributed by atoms with Crippen LogP contribution in [-0.2, 0) is 0 Å². The maximum absolute atomic E-state index is 3.32. The monoisotopic (exact) mass is 234 g/mol. The van der Waals surface area contributed by atoms with Crippen LogP contribution in [0.3, 0.4) is 0 Å². The molecule has 0 radical (unpaired) electrons. The van der Waals surface area contributed by atoms with Crippen molar-refractivity contribution in [3.63, 3.8) is 0 Å². The fourth-order valence-corrected chi connectivity index (χ4v) is 2.27. The van der Waals surface area contributed by atoms with Crippen LogP contribution in [0.5, 0.6) is 0 Å². The van der Waals surface area contributed by atoms with Gasteiger partial charge in [0.25, 0.3) is 0 Å². The topological polar surface area (TPSA) is 24.1 Å². The van der Waals surface area contributed by atoms with Gasteiger partial charge < -0.3 is 0 Å². The Morgan fingerprint density at radius 1 is 1.00 bits per heavy atom. The predicted octanol–water partition coefficient (Wildman–Crippen LogP) is 2.80. The van der Waals surface area contributed by atoms with Gasteiger partial charge in [-0.05, 0) is 22.8 Å². The Hall–Kier alpha value is -1.09. The van der Waals surface area contributed by atoms with Crippen LogP contribution < -0.4 is 10.9 Å². The molecule has 0 aromatic heterocycles. The van der Waals surface area contributed by atoms with Crippen molar-refractivity contribution < 1.29 is 0 Å². The van der Waals surface area contributed by atoms with Crippen LogP contribution in [0.25, 0.3) is 10.8 Å². The maximum Gasteiger partial charge on any atom is 0.0481 e. The van der Waals surface area contributed by atoms with E-state index in [0.29, 0.717) is 6.04 Å². The fourth-order valence-electron chi connectivity index (χ4n) is 2.27. The number of hydrogen-bond acceptors (Lipinski definition) is 2. The molecule has 2 nitrogen and oxygen atoms in total. The van der Waals surface area contributed by atoms with E-state index in [0.717, 1.165) is 13.0 Å². The Morgan fingerprint density at radius 3 is 2.62 bits per heavy atom. The lowest BCUT2D eigenvalue weighted by molar-refractivity contribution is 0.584. The summed E-state index contributed by atoms with van der Waals surface area (Å²) in [5.41, 5.74) is 7.90. The molecule has 1 saturated heterocycles. The minimum Gasteiger partial charge on any atom is -0.257 e. The van der Waals surface area contributed by atoms with Crippen LogP contribution in [0, 0.1) is 0 Å². The van der Waals surface area contributed by atoms with Crippen LogP contribution in [0.4, 0.5) is 0 Å². The SMILES string of the molecule is Cl.c1ccc2c(C3CCNN3)cccc2c1. The Bertz CT molecular complexity index is 473. The van der Waals surface area contributed by atoms with E-state index < -0.39 is 0 Å². The molecule has 1 heterocycles. The second-order valence-corrected chi connectivity index (χ2v) is 3.98. The molecular formula is C13H15ClN2. The number of fused-ring (bicyclic) bond motifs is 1. The van der Waals surface area contributed by atoms with Crippen molar-refractivity contribution >= 4 is 23.2 Å². The van der Waals surface area contributed by atoms with E-state index >= 15 is 0 Å². The molecule has 1 aliphatic rings. The first-order valence-corrected chi connectivity index (χ1v) is 5.41. The summed E-state index contributed by atoms with van der Waals surface area (Å²) in [6, 6.07) is 15.5. The third-order valence-electron chi connectivity index (χ3n) is 3.03. The number of hydrazine groups is 1. The van der Waals surface area contributed by atoms with Gasteiger partial charge >= 0.3 is 0 Å². The highest BCUT2D eigenvalue weighted by molar-refractivity contribution is 5.86. The average molecular weight is 235 g/mol. The molecule has 0 aliphatic carbocycles. The zero-order chi connectivity index (χ0) is 10.1. The first-order chi connectivity index (χ1) is 7.45. The van der Waals surface area contributed by atoms with E-state index in [1.807, 2.05) is 0 Å². The number of hydrogen-bond donors (Lipinski definition) is 2. The van der Waals surface area contributed by atoms with Crippen LogP contribution in [0.15, 0.2) is 42.5 Å². The van der Waals surface area contributed by atoms with Crippen molar-refractivity contribution in [2.75, 3.05) is 6.54 Å². The van der Waals surface area contributed by atoms with Crippen LogP contribution in [0.1, 0.15) is 18.0 Å². The molecule has 2 N–H and O–H groups in total. The van der Waals surface area contributed by atoms with Crippen molar-refractivity contribution in [1.82, 2.24) is 10.9 Å². The minimum absolute atomic E-state index is 0. The standard InChI is InChI=1S/C13H14N2.ClH/c1-2-6-11-10(4-1)5-3-7-12(11)13-8-9-14-15-13;/h1-7,13-15H,8-9H2;1H. The second kappa shape index (κ2) is 4.83. The molecule has 3 rings (SSSR count). The quantitative estimate of drug-likeness (QED) is 0.793. The van der Waals surface area contributed by atoms with Crippen LogP contribution >= 0.6 is 12.4 Å². The summed E-state index contributed by atoms with van der Waals surface area (Å²) in [5, 5.41) is 2.69. The lowest BCUT2D eigenvalue weighted by Crippen LogP contribution is -2.24. The molecule has 0 bridgehead atoms. The largest absolute Gasteiger partial charge is 0.257 e. The van der Waals surface area contributed by atoms with Gasteiger partial charge in [0.15, 0.2) is 0 Å². The molecule has 1 aliphatic heterocycles. The predicted molar refractivity (Wildman–Crippen MR) is 69.7 cm³/mol. The van der Waals surface area contributed by atoms with Crippen molar-refractivity contribution in [3.8, 4) is 0 Å². The molecule has 0 saturated carbocycles. The summed E-state index contributed by atoms with van der Waals surface area (Å²) in [7, 11) is 0. The average Bonchev–Trinajstić information content (AvgIpc) is 2.82. The molecule has 1 fully saturated rings. The molecule has 16 heavy (non-hydrogen) atoms. The zero-order valence-electron chi connectivity index (χ0n) is 8.94. The Kier molecular flexibility index (Phi) is 3.44. The van der Waals surface area contributed by atoms with Gasteiger partial charge in [-0.2, -0.15) is 0 Å². The molecule has 0 amide bonds. The van der Waals surface area contributed by atoms with Gasteiger partial charge in [-0.3, -0.25) is 10.9 Å². The summed E-state index contributed by atoms with van der Waals surface area (Å²) in [6.07, 6.45) is 1.16. The Morgan fingerprint density at radius 2 is 1.81 bits per heavy atom. The molecule has 2 aromatic carbocycles. The van der Waals surface area contributed by atoms with Crippen molar-refractivity contribution in [2.24, 2.45) is 0 Å². The smallest absolute Gasteiger partial charge is 0.0481 e. The Labute approximate surface area is 101 Å². The van der Waals surface area contributed by atoms with E-state index in [4.69, 9.17) is 0 Å². The third kappa shape index (κ3) is 1.92. The highest BCUT2D eigenvalue weighted by Crippen LogP contribution is 2.26. The summed E-state index contributed by atoms with van der Waals surface area (Å²) in [4.78, 5) is 0. The number of rotatable bonds is 1. The lowest BCUT2D eigenvalue weighted by Gasteiger charge is -2.12. The van der Waals surface area contributed by atoms with Crippen molar-refractivity contribution in [1.29, 1.82) is 0 Å². The lowest BCUT2D eigenvalue weighted by atomic mass is 9.98. The summed E-state index contributed by atoms with van der Waals surface area (Å²) in [6.45, 7) is 1.05. The van der Waals surface area contributed by atoms with Gasteiger partial charge in [-0.1, -0.05) is 42.5 Å². The normalized spacial score (nSPS) is 19.6. The highest BCUT2D eigenvalue weighted by atomic mass is 35.5. The third-order valence-corrected chi connectivity index (χ3v) is 3.03. The number of nitrogens with one attached hydrogen (secondary N) is 2. The van der Waals surface area contributed by atoms with E-state index in [-0.39, 0.29) is 12.4 Å². The van der Waals surface area contributed by atoms with Gasteiger partial charge in [-0.25, -0.2) is 0 Å². The summed E-state index contributed by atoms with van der Waals surface area (Å²) < 4.78 is 0. The van der Waals surface area contributed by atoms with E-state index in [9.17, 15) is 0 Å².